The van der Waals surface area contributed by atoms with Crippen LogP contribution in [0.5, 0.6) is 0 Å². The van der Waals surface area contributed by atoms with Crippen molar-refractivity contribution in [1.29, 1.82) is 0 Å². The Morgan fingerprint density at radius 1 is 1.00 bits per heavy atom. The number of carbonyl (C=O) groups excluding carboxylic acids is 3. The van der Waals surface area contributed by atoms with E-state index in [0.717, 1.165) is 58.7 Å². The third-order valence-corrected chi connectivity index (χ3v) is 5.28. The molecule has 0 saturated carbocycles. The van der Waals surface area contributed by atoms with Crippen molar-refractivity contribution >= 4 is 38.3 Å². The summed E-state index contributed by atoms with van der Waals surface area (Å²) in [6.45, 7) is 7.64. The second-order valence-electron chi connectivity index (χ2n) is 6.27. The molecule has 2 aliphatic heterocycles. The van der Waals surface area contributed by atoms with Gasteiger partial charge in [0.2, 0.25) is 11.8 Å². The summed E-state index contributed by atoms with van der Waals surface area (Å²) in [7, 11) is 0. The first-order chi connectivity index (χ1) is 11.0. The van der Waals surface area contributed by atoms with Crippen LogP contribution in [0, 0.1) is 5.92 Å². The van der Waals surface area contributed by atoms with Gasteiger partial charge in [-0.25, -0.2) is 0 Å². The lowest BCUT2D eigenvalue weighted by Gasteiger charge is -2.38. The highest BCUT2D eigenvalue weighted by molar-refractivity contribution is 14.1. The molecule has 0 aromatic carbocycles. The van der Waals surface area contributed by atoms with Gasteiger partial charge >= 0.3 is 0 Å². The number of piperidine rings is 1. The molecular formula is C15H25IN4O3. The van der Waals surface area contributed by atoms with Crippen LogP contribution in [0.25, 0.3) is 0 Å². The summed E-state index contributed by atoms with van der Waals surface area (Å²) in [5.41, 5.74) is 0. The number of hydrogen-bond donors (Lipinski definition) is 1. The Balaban J connectivity index is 1.66. The number of hydrogen-bond acceptors (Lipinski definition) is 4. The van der Waals surface area contributed by atoms with E-state index in [4.69, 9.17) is 0 Å². The fourth-order valence-electron chi connectivity index (χ4n) is 3.15. The van der Waals surface area contributed by atoms with Gasteiger partial charge in [0.05, 0.1) is 6.54 Å². The number of rotatable bonds is 4. The van der Waals surface area contributed by atoms with Gasteiger partial charge in [-0.3, -0.25) is 19.3 Å². The lowest BCUT2D eigenvalue weighted by molar-refractivity contribution is -0.133. The topological polar surface area (TPSA) is 73.0 Å². The summed E-state index contributed by atoms with van der Waals surface area (Å²) < 4.78 is 0.133. The first kappa shape index (κ1) is 18.4. The largest absolute Gasteiger partial charge is 0.347 e. The van der Waals surface area contributed by atoms with Crippen LogP contribution in [0.3, 0.4) is 0 Å². The molecule has 0 aliphatic carbocycles. The molecule has 1 N–H and O–H groups in total. The molecule has 130 valence electrons. The van der Waals surface area contributed by atoms with Crippen LogP contribution >= 0.6 is 22.6 Å². The molecule has 0 radical (unpaired) electrons. The van der Waals surface area contributed by atoms with E-state index < -0.39 is 0 Å². The summed E-state index contributed by atoms with van der Waals surface area (Å²) in [6.07, 6.45) is 2.02. The monoisotopic (exact) mass is 436 g/mol. The molecule has 2 aliphatic rings. The number of carbonyl (C=O) groups is 3. The van der Waals surface area contributed by atoms with Crippen LogP contribution in [0.2, 0.25) is 0 Å². The average molecular weight is 436 g/mol. The maximum Gasteiger partial charge on any atom is 0.283 e. The van der Waals surface area contributed by atoms with Gasteiger partial charge in [0.25, 0.3) is 3.91 Å². The maximum absolute atomic E-state index is 12.0. The minimum atomic E-state index is -0.169. The highest BCUT2D eigenvalue weighted by atomic mass is 127. The second-order valence-corrected chi connectivity index (χ2v) is 7.20. The molecule has 7 nitrogen and oxygen atoms in total. The zero-order valence-electron chi connectivity index (χ0n) is 13.6. The Morgan fingerprint density at radius 3 is 2.13 bits per heavy atom. The van der Waals surface area contributed by atoms with Gasteiger partial charge in [0, 0.05) is 75.3 Å². The second kappa shape index (κ2) is 8.81. The zero-order chi connectivity index (χ0) is 16.8. The Bertz CT molecular complexity index is 444. The number of halogens is 1. The number of nitrogens with one attached hydrogen (secondary N) is 1. The predicted octanol–water partition coefficient (Wildman–Crippen LogP) is 0.534. The van der Waals surface area contributed by atoms with Gasteiger partial charge in [0.15, 0.2) is 0 Å². The summed E-state index contributed by atoms with van der Waals surface area (Å²) in [6, 6.07) is 0. The van der Waals surface area contributed by atoms with Crippen molar-refractivity contribution in [3.8, 4) is 0 Å². The van der Waals surface area contributed by atoms with Gasteiger partial charge in [-0.15, -0.1) is 0 Å². The van der Waals surface area contributed by atoms with Crippen molar-refractivity contribution in [2.75, 3.05) is 52.4 Å². The van der Waals surface area contributed by atoms with Gasteiger partial charge in [-0.1, -0.05) is 0 Å². The molecule has 8 heteroatoms. The average Bonchev–Trinajstić information content (AvgIpc) is 2.54. The van der Waals surface area contributed by atoms with Crippen molar-refractivity contribution in [3.63, 3.8) is 0 Å². The molecular weight excluding hydrogens is 411 g/mol. The predicted molar refractivity (Wildman–Crippen MR) is 95.4 cm³/mol. The molecule has 23 heavy (non-hydrogen) atoms. The van der Waals surface area contributed by atoms with Crippen LogP contribution in [0.1, 0.15) is 19.8 Å². The molecule has 0 aromatic rings. The third-order valence-electron chi connectivity index (χ3n) is 4.59. The van der Waals surface area contributed by atoms with Crippen molar-refractivity contribution in [2.24, 2.45) is 5.92 Å². The van der Waals surface area contributed by atoms with E-state index in [1.807, 2.05) is 32.4 Å². The molecule has 2 fully saturated rings. The molecule has 0 bridgehead atoms. The Kier molecular flexibility index (Phi) is 7.07. The van der Waals surface area contributed by atoms with E-state index in [1.165, 1.54) is 6.92 Å². The van der Waals surface area contributed by atoms with E-state index in [9.17, 15) is 14.4 Å². The van der Waals surface area contributed by atoms with Crippen LogP contribution in [0.15, 0.2) is 0 Å². The van der Waals surface area contributed by atoms with Crippen LogP contribution < -0.4 is 5.32 Å². The quantitative estimate of drug-likeness (QED) is 0.397. The standard InChI is InChI=1S/C15H25IN4O3/c1-12(21)17-10-14(22)19-4-2-13(3-5-19)11-18-6-8-20(9-7-18)15(16)23/h13H,2-11H2,1H3,(H,17,21). The van der Waals surface area contributed by atoms with Crippen LogP contribution in [-0.4, -0.2) is 82.8 Å². The van der Waals surface area contributed by atoms with E-state index in [1.54, 1.807) is 0 Å². The Morgan fingerprint density at radius 2 is 1.61 bits per heavy atom. The molecule has 2 saturated heterocycles. The highest BCUT2D eigenvalue weighted by Gasteiger charge is 2.26. The van der Waals surface area contributed by atoms with Crippen LogP contribution in [-0.2, 0) is 9.59 Å². The number of amides is 3. The summed E-state index contributed by atoms with van der Waals surface area (Å²) in [5, 5.41) is 2.56. The molecule has 3 amide bonds. The van der Waals surface area contributed by atoms with Gasteiger partial charge in [-0.2, -0.15) is 0 Å². The fraction of sp³-hybridized carbons (Fsp3) is 0.800. The highest BCUT2D eigenvalue weighted by Crippen LogP contribution is 2.19. The van der Waals surface area contributed by atoms with Gasteiger partial charge < -0.3 is 15.1 Å². The van der Waals surface area contributed by atoms with Crippen molar-refractivity contribution in [2.45, 2.75) is 19.8 Å². The number of likely N-dealkylation sites (tertiary alicyclic amines) is 1. The smallest absolute Gasteiger partial charge is 0.283 e. The van der Waals surface area contributed by atoms with E-state index in [0.29, 0.717) is 5.92 Å². The minimum Gasteiger partial charge on any atom is -0.347 e. The van der Waals surface area contributed by atoms with Crippen molar-refractivity contribution in [1.82, 2.24) is 20.0 Å². The number of nitrogens with zero attached hydrogens (tertiary/aromatic N) is 3. The Hall–Kier alpha value is -0.900. The molecule has 2 rings (SSSR count). The van der Waals surface area contributed by atoms with E-state index >= 15 is 0 Å². The SMILES string of the molecule is CC(=O)NCC(=O)N1CCC(CN2CCN(C(=O)I)CC2)CC1. The summed E-state index contributed by atoms with van der Waals surface area (Å²) >= 11 is 1.85. The summed E-state index contributed by atoms with van der Waals surface area (Å²) in [4.78, 5) is 40.3. The zero-order valence-corrected chi connectivity index (χ0v) is 15.8. The number of piperazine rings is 1. The first-order valence-electron chi connectivity index (χ1n) is 8.14. The van der Waals surface area contributed by atoms with Gasteiger partial charge in [0.1, 0.15) is 0 Å². The fourth-order valence-corrected chi connectivity index (χ4v) is 3.63. The van der Waals surface area contributed by atoms with Crippen LogP contribution in [0.4, 0.5) is 4.79 Å². The lowest BCUT2D eigenvalue weighted by atomic mass is 9.96. The van der Waals surface area contributed by atoms with E-state index in [-0.39, 0.29) is 22.3 Å². The maximum atomic E-state index is 12.0. The van der Waals surface area contributed by atoms with Crippen molar-refractivity contribution < 1.29 is 14.4 Å². The molecule has 0 unspecified atom stereocenters. The van der Waals surface area contributed by atoms with E-state index in [2.05, 4.69) is 10.2 Å². The summed E-state index contributed by atoms with van der Waals surface area (Å²) in [5.74, 6) is 0.451. The lowest BCUT2D eigenvalue weighted by Crippen LogP contribution is -2.50. The molecule has 0 aromatic heterocycles. The first-order valence-corrected chi connectivity index (χ1v) is 9.22. The molecule has 0 atom stereocenters. The molecule has 0 spiro atoms. The molecule has 2 heterocycles. The van der Waals surface area contributed by atoms with Crippen molar-refractivity contribution in [3.05, 3.63) is 0 Å². The third kappa shape index (κ3) is 5.91. The van der Waals surface area contributed by atoms with Gasteiger partial charge in [-0.05, 0) is 18.8 Å². The Labute approximate surface area is 150 Å². The minimum absolute atomic E-state index is 0.00724. The normalized spacial score (nSPS) is 20.4.